The highest BCUT2D eigenvalue weighted by Gasteiger charge is 2.26. The van der Waals surface area contributed by atoms with E-state index in [1.807, 2.05) is 13.0 Å². The summed E-state index contributed by atoms with van der Waals surface area (Å²) in [4.78, 5) is 4.66. The first-order valence-corrected chi connectivity index (χ1v) is 6.65. The van der Waals surface area contributed by atoms with Crippen molar-refractivity contribution >= 4 is 16.6 Å². The lowest BCUT2D eigenvalue weighted by molar-refractivity contribution is 0.415. The second-order valence-electron chi connectivity index (χ2n) is 4.90. The molecule has 0 saturated heterocycles. The molecule has 1 aliphatic carbocycles. The van der Waals surface area contributed by atoms with Crippen molar-refractivity contribution < 1.29 is 9.13 Å². The molecule has 0 amide bonds. The number of hydrogen-bond acceptors (Lipinski definition) is 3. The van der Waals surface area contributed by atoms with E-state index in [9.17, 15) is 4.39 Å². The number of anilines is 1. The van der Waals surface area contributed by atoms with Gasteiger partial charge < -0.3 is 10.1 Å². The average Bonchev–Trinajstić information content (AvgIpc) is 3.23. The molecule has 1 aliphatic rings. The number of fused-ring (bicyclic) bond motifs is 1. The summed E-state index contributed by atoms with van der Waals surface area (Å²) in [6, 6.07) is 4.95. The fourth-order valence-electron chi connectivity index (χ4n) is 2.36. The summed E-state index contributed by atoms with van der Waals surface area (Å²) in [7, 11) is 1.55. The molecule has 1 aromatic heterocycles. The standard InChI is InChI=1S/C15H17FN2O/c1-3-17-13-8-12(9-4-5-9)18-15-11(13)6-10(16)7-14(15)19-2/h6-9H,3-5H2,1-2H3,(H,17,18). The molecule has 100 valence electrons. The van der Waals surface area contributed by atoms with Crippen molar-refractivity contribution in [2.75, 3.05) is 19.0 Å². The van der Waals surface area contributed by atoms with E-state index in [1.54, 1.807) is 7.11 Å². The number of ether oxygens (including phenoxy) is 1. The number of halogens is 1. The first-order chi connectivity index (χ1) is 9.22. The predicted octanol–water partition coefficient (Wildman–Crippen LogP) is 3.69. The number of aromatic nitrogens is 1. The van der Waals surface area contributed by atoms with E-state index >= 15 is 0 Å². The van der Waals surface area contributed by atoms with Gasteiger partial charge in [0.15, 0.2) is 0 Å². The number of benzene rings is 1. The number of nitrogens with zero attached hydrogens (tertiary/aromatic N) is 1. The zero-order chi connectivity index (χ0) is 13.4. The summed E-state index contributed by atoms with van der Waals surface area (Å²) < 4.78 is 18.9. The Morgan fingerprint density at radius 1 is 1.37 bits per heavy atom. The molecule has 0 bridgehead atoms. The van der Waals surface area contributed by atoms with Crippen LogP contribution in [0.3, 0.4) is 0 Å². The van der Waals surface area contributed by atoms with E-state index in [0.29, 0.717) is 11.7 Å². The predicted molar refractivity (Wildman–Crippen MR) is 74.4 cm³/mol. The van der Waals surface area contributed by atoms with Crippen LogP contribution in [-0.2, 0) is 0 Å². The van der Waals surface area contributed by atoms with Crippen LogP contribution in [0.25, 0.3) is 10.9 Å². The maximum atomic E-state index is 13.6. The van der Waals surface area contributed by atoms with Crippen molar-refractivity contribution in [2.24, 2.45) is 0 Å². The molecular weight excluding hydrogens is 243 g/mol. The second-order valence-corrected chi connectivity index (χ2v) is 4.90. The van der Waals surface area contributed by atoms with Crippen molar-refractivity contribution in [3.05, 3.63) is 29.7 Å². The van der Waals surface area contributed by atoms with E-state index < -0.39 is 0 Å². The molecule has 1 heterocycles. The molecule has 1 aromatic carbocycles. The SMILES string of the molecule is CCNc1cc(C2CC2)nc2c(OC)cc(F)cc12. The Labute approximate surface area is 111 Å². The van der Waals surface area contributed by atoms with Gasteiger partial charge in [-0.1, -0.05) is 0 Å². The van der Waals surface area contributed by atoms with Gasteiger partial charge in [0.2, 0.25) is 0 Å². The monoisotopic (exact) mass is 260 g/mol. The minimum absolute atomic E-state index is 0.301. The molecule has 0 spiro atoms. The lowest BCUT2D eigenvalue weighted by Crippen LogP contribution is -2.01. The summed E-state index contributed by atoms with van der Waals surface area (Å²) in [6.07, 6.45) is 2.38. The van der Waals surface area contributed by atoms with Crippen LogP contribution in [0.5, 0.6) is 5.75 Å². The number of rotatable bonds is 4. The third-order valence-electron chi connectivity index (χ3n) is 3.45. The van der Waals surface area contributed by atoms with Gasteiger partial charge in [-0.3, -0.25) is 0 Å². The third-order valence-corrected chi connectivity index (χ3v) is 3.45. The Balaban J connectivity index is 2.26. The summed E-state index contributed by atoms with van der Waals surface area (Å²) in [6.45, 7) is 2.82. The van der Waals surface area contributed by atoms with Crippen LogP contribution in [-0.4, -0.2) is 18.6 Å². The van der Waals surface area contributed by atoms with E-state index in [-0.39, 0.29) is 5.82 Å². The molecule has 0 aliphatic heterocycles. The molecule has 3 rings (SSSR count). The molecule has 0 radical (unpaired) electrons. The molecular formula is C15H17FN2O. The Bertz CT molecular complexity index is 623. The van der Waals surface area contributed by atoms with Gasteiger partial charge >= 0.3 is 0 Å². The van der Waals surface area contributed by atoms with Gasteiger partial charge in [0.1, 0.15) is 17.1 Å². The van der Waals surface area contributed by atoms with Gasteiger partial charge in [0.05, 0.1) is 7.11 Å². The number of hydrogen-bond donors (Lipinski definition) is 1. The summed E-state index contributed by atoms with van der Waals surface area (Å²) >= 11 is 0. The smallest absolute Gasteiger partial charge is 0.148 e. The highest BCUT2D eigenvalue weighted by Crippen LogP contribution is 2.42. The fraction of sp³-hybridized carbons (Fsp3) is 0.400. The minimum Gasteiger partial charge on any atom is -0.494 e. The van der Waals surface area contributed by atoms with Crippen LogP contribution < -0.4 is 10.1 Å². The lowest BCUT2D eigenvalue weighted by Gasteiger charge is -2.13. The zero-order valence-electron chi connectivity index (χ0n) is 11.2. The van der Waals surface area contributed by atoms with Crippen LogP contribution in [0.2, 0.25) is 0 Å². The Morgan fingerprint density at radius 3 is 2.79 bits per heavy atom. The molecule has 3 nitrogen and oxygen atoms in total. The molecule has 1 N–H and O–H groups in total. The third kappa shape index (κ3) is 2.23. The van der Waals surface area contributed by atoms with Crippen LogP contribution in [0, 0.1) is 5.82 Å². The zero-order valence-corrected chi connectivity index (χ0v) is 11.2. The van der Waals surface area contributed by atoms with Crippen molar-refractivity contribution in [2.45, 2.75) is 25.7 Å². The van der Waals surface area contributed by atoms with Crippen LogP contribution >= 0.6 is 0 Å². The maximum absolute atomic E-state index is 13.6. The van der Waals surface area contributed by atoms with Gasteiger partial charge in [-0.25, -0.2) is 9.37 Å². The first-order valence-electron chi connectivity index (χ1n) is 6.65. The van der Waals surface area contributed by atoms with Gasteiger partial charge in [0, 0.05) is 35.3 Å². The largest absolute Gasteiger partial charge is 0.494 e. The molecule has 1 saturated carbocycles. The van der Waals surface area contributed by atoms with E-state index in [2.05, 4.69) is 10.3 Å². The van der Waals surface area contributed by atoms with E-state index in [4.69, 9.17) is 4.74 Å². The second kappa shape index (κ2) is 4.68. The summed E-state index contributed by atoms with van der Waals surface area (Å²) in [5.41, 5.74) is 2.75. The molecule has 2 aromatic rings. The molecule has 0 atom stereocenters. The fourth-order valence-corrected chi connectivity index (χ4v) is 2.36. The van der Waals surface area contributed by atoms with Gasteiger partial charge in [-0.2, -0.15) is 0 Å². The van der Waals surface area contributed by atoms with Crippen molar-refractivity contribution in [1.29, 1.82) is 0 Å². The van der Waals surface area contributed by atoms with Crippen LogP contribution in [0.1, 0.15) is 31.4 Å². The van der Waals surface area contributed by atoms with Gasteiger partial charge in [-0.05, 0) is 31.9 Å². The summed E-state index contributed by atoms with van der Waals surface area (Å²) in [5, 5.41) is 4.07. The normalized spacial score (nSPS) is 14.7. The topological polar surface area (TPSA) is 34.2 Å². The van der Waals surface area contributed by atoms with Crippen molar-refractivity contribution in [1.82, 2.24) is 4.98 Å². The lowest BCUT2D eigenvalue weighted by atomic mass is 10.1. The molecule has 0 unspecified atom stereocenters. The van der Waals surface area contributed by atoms with E-state index in [0.717, 1.165) is 28.8 Å². The Morgan fingerprint density at radius 2 is 2.16 bits per heavy atom. The van der Waals surface area contributed by atoms with Gasteiger partial charge in [0.25, 0.3) is 0 Å². The number of methoxy groups -OCH3 is 1. The Hall–Kier alpha value is -1.84. The highest BCUT2D eigenvalue weighted by atomic mass is 19.1. The minimum atomic E-state index is -0.301. The molecule has 1 fully saturated rings. The van der Waals surface area contributed by atoms with Crippen LogP contribution in [0.15, 0.2) is 18.2 Å². The number of pyridine rings is 1. The molecule has 4 heteroatoms. The van der Waals surface area contributed by atoms with Crippen LogP contribution in [0.4, 0.5) is 10.1 Å². The molecule has 19 heavy (non-hydrogen) atoms. The highest BCUT2D eigenvalue weighted by molar-refractivity contribution is 5.95. The van der Waals surface area contributed by atoms with Gasteiger partial charge in [-0.15, -0.1) is 0 Å². The Kier molecular flexibility index (Phi) is 3.01. The van der Waals surface area contributed by atoms with Crippen molar-refractivity contribution in [3.8, 4) is 5.75 Å². The van der Waals surface area contributed by atoms with Crippen molar-refractivity contribution in [3.63, 3.8) is 0 Å². The number of nitrogens with one attached hydrogen (secondary N) is 1. The first kappa shape index (κ1) is 12.2. The van der Waals surface area contributed by atoms with E-state index in [1.165, 1.54) is 25.0 Å². The summed E-state index contributed by atoms with van der Waals surface area (Å²) in [5.74, 6) is 0.748. The maximum Gasteiger partial charge on any atom is 0.148 e. The average molecular weight is 260 g/mol. The quantitative estimate of drug-likeness (QED) is 0.910.